The first kappa shape index (κ1) is 23.3. The van der Waals surface area contributed by atoms with Crippen molar-refractivity contribution in [1.29, 1.82) is 0 Å². The molecule has 0 aliphatic carbocycles. The van der Waals surface area contributed by atoms with E-state index in [0.29, 0.717) is 42.1 Å². The fraction of sp³-hybridized carbons (Fsp3) is 0.348. The molecule has 0 radical (unpaired) electrons. The minimum absolute atomic E-state index is 0.0607. The first-order chi connectivity index (χ1) is 15.0. The second-order valence-corrected chi connectivity index (χ2v) is 8.62. The molecule has 164 valence electrons. The third kappa shape index (κ3) is 6.32. The zero-order valence-electron chi connectivity index (χ0n) is 17.6. The molecule has 3 rings (SSSR count). The highest BCUT2D eigenvalue weighted by molar-refractivity contribution is 8.15. The first-order valence-corrected chi connectivity index (χ1v) is 11.5. The van der Waals surface area contributed by atoms with Crippen LogP contribution in [-0.2, 0) is 14.3 Å². The number of anilines is 1. The highest BCUT2D eigenvalue weighted by Gasteiger charge is 2.39. The van der Waals surface area contributed by atoms with Crippen molar-refractivity contribution in [3.63, 3.8) is 0 Å². The number of rotatable bonds is 9. The number of carbonyl (C=O) groups is 2. The van der Waals surface area contributed by atoms with Crippen molar-refractivity contribution in [2.45, 2.75) is 31.9 Å². The van der Waals surface area contributed by atoms with Crippen LogP contribution < -0.4 is 5.32 Å². The topological polar surface area (TPSA) is 71.0 Å². The number of nitrogens with one attached hydrogen (secondary N) is 1. The van der Waals surface area contributed by atoms with Crippen LogP contribution in [-0.4, -0.2) is 46.9 Å². The van der Waals surface area contributed by atoms with Crippen LogP contribution in [0, 0.1) is 6.92 Å². The Morgan fingerprint density at radius 1 is 1.23 bits per heavy atom. The summed E-state index contributed by atoms with van der Waals surface area (Å²) in [6.07, 6.45) is 0.764. The van der Waals surface area contributed by atoms with Crippen LogP contribution >= 0.6 is 23.4 Å². The molecule has 1 atom stereocenters. The Kier molecular flexibility index (Phi) is 8.51. The van der Waals surface area contributed by atoms with E-state index in [0.717, 1.165) is 11.3 Å². The van der Waals surface area contributed by atoms with E-state index in [4.69, 9.17) is 16.3 Å². The van der Waals surface area contributed by atoms with E-state index < -0.39 is 5.25 Å². The average Bonchev–Trinajstić information content (AvgIpc) is 3.03. The maximum atomic E-state index is 13.1. The van der Waals surface area contributed by atoms with Crippen LogP contribution in [0.4, 0.5) is 11.4 Å². The molecule has 6 nitrogen and oxygen atoms in total. The van der Waals surface area contributed by atoms with Gasteiger partial charge in [0, 0.05) is 36.9 Å². The Labute approximate surface area is 192 Å². The molecule has 1 unspecified atom stereocenters. The Morgan fingerprint density at radius 3 is 2.74 bits per heavy atom. The molecule has 1 fully saturated rings. The van der Waals surface area contributed by atoms with Gasteiger partial charge in [0.25, 0.3) is 0 Å². The number of amidine groups is 1. The number of amides is 2. The van der Waals surface area contributed by atoms with Crippen LogP contribution in [0.2, 0.25) is 5.02 Å². The van der Waals surface area contributed by atoms with Crippen molar-refractivity contribution in [3.05, 3.63) is 59.1 Å². The molecule has 2 aromatic rings. The predicted octanol–water partition coefficient (Wildman–Crippen LogP) is 5.04. The molecule has 1 saturated heterocycles. The van der Waals surface area contributed by atoms with Gasteiger partial charge in [0.05, 0.1) is 5.69 Å². The van der Waals surface area contributed by atoms with Crippen molar-refractivity contribution in [2.24, 2.45) is 4.99 Å². The number of para-hydroxylation sites is 1. The summed E-state index contributed by atoms with van der Waals surface area (Å²) in [5, 5.41) is 3.55. The summed E-state index contributed by atoms with van der Waals surface area (Å²) in [4.78, 5) is 32.0. The largest absolute Gasteiger partial charge is 0.382 e. The van der Waals surface area contributed by atoms with Crippen molar-refractivity contribution in [1.82, 2.24) is 4.90 Å². The van der Waals surface area contributed by atoms with Gasteiger partial charge in [-0.15, -0.1) is 0 Å². The van der Waals surface area contributed by atoms with Crippen LogP contribution in [0.5, 0.6) is 0 Å². The number of benzene rings is 2. The fourth-order valence-corrected chi connectivity index (χ4v) is 4.48. The number of thioether (sulfide) groups is 1. The second kappa shape index (κ2) is 11.3. The van der Waals surface area contributed by atoms with Crippen LogP contribution in [0.3, 0.4) is 0 Å². The first-order valence-electron chi connectivity index (χ1n) is 10.2. The highest BCUT2D eigenvalue weighted by atomic mass is 35.5. The molecule has 1 N–H and O–H groups in total. The summed E-state index contributed by atoms with van der Waals surface area (Å²) in [7, 11) is 0. The summed E-state index contributed by atoms with van der Waals surface area (Å²) in [5.41, 5.74) is 2.22. The summed E-state index contributed by atoms with van der Waals surface area (Å²) in [6, 6.07) is 14.8. The molecule has 8 heteroatoms. The number of carbonyl (C=O) groups excluding carboxylic acids is 2. The number of halogens is 1. The second-order valence-electron chi connectivity index (χ2n) is 7.04. The van der Waals surface area contributed by atoms with Gasteiger partial charge in [-0.1, -0.05) is 47.6 Å². The van der Waals surface area contributed by atoms with Crippen LogP contribution in [0.15, 0.2) is 53.5 Å². The molecule has 0 bridgehead atoms. The average molecular weight is 460 g/mol. The molecule has 2 aromatic carbocycles. The lowest BCUT2D eigenvalue weighted by Gasteiger charge is -2.16. The maximum absolute atomic E-state index is 13.1. The Morgan fingerprint density at radius 2 is 2.00 bits per heavy atom. The number of hydrogen-bond acceptors (Lipinski definition) is 5. The Hall–Kier alpha value is -2.35. The van der Waals surface area contributed by atoms with Crippen molar-refractivity contribution in [2.75, 3.05) is 25.1 Å². The standard InChI is InChI=1S/C23H26ClN3O3S/c1-3-30-14-8-13-27-22(29)20(31-23(27)25-17-9-5-4-6-10-17)15-21(28)26-19-12-7-11-18(24)16(19)2/h4-7,9-12,20H,3,8,13-15H2,1-2H3,(H,26,28). The lowest BCUT2D eigenvalue weighted by Crippen LogP contribution is -2.34. The zero-order chi connectivity index (χ0) is 22.2. The van der Waals surface area contributed by atoms with Gasteiger partial charge >= 0.3 is 0 Å². The lowest BCUT2D eigenvalue weighted by molar-refractivity contribution is -0.128. The summed E-state index contributed by atoms with van der Waals surface area (Å²) < 4.78 is 5.40. The number of ether oxygens (including phenoxy) is 1. The van der Waals surface area contributed by atoms with E-state index >= 15 is 0 Å². The van der Waals surface area contributed by atoms with E-state index in [1.54, 1.807) is 23.1 Å². The van der Waals surface area contributed by atoms with Gasteiger partial charge in [-0.05, 0) is 50.1 Å². The normalized spacial score (nSPS) is 17.4. The fourth-order valence-electron chi connectivity index (χ4n) is 3.13. The molecular weight excluding hydrogens is 434 g/mol. The highest BCUT2D eigenvalue weighted by Crippen LogP contribution is 2.32. The smallest absolute Gasteiger partial charge is 0.242 e. The molecule has 0 aromatic heterocycles. The number of aliphatic imine (C=N–C) groups is 1. The molecule has 0 saturated carbocycles. The minimum Gasteiger partial charge on any atom is -0.382 e. The Balaban J connectivity index is 1.71. The Bertz CT molecular complexity index is 952. The van der Waals surface area contributed by atoms with Gasteiger partial charge in [-0.3, -0.25) is 14.5 Å². The van der Waals surface area contributed by atoms with Crippen molar-refractivity contribution in [3.8, 4) is 0 Å². The maximum Gasteiger partial charge on any atom is 0.242 e. The van der Waals surface area contributed by atoms with Crippen molar-refractivity contribution >= 4 is 51.7 Å². The van der Waals surface area contributed by atoms with E-state index in [-0.39, 0.29) is 18.2 Å². The molecule has 1 aliphatic rings. The van der Waals surface area contributed by atoms with Crippen LogP contribution in [0.25, 0.3) is 0 Å². The third-order valence-electron chi connectivity index (χ3n) is 4.79. The molecule has 1 heterocycles. The minimum atomic E-state index is -0.519. The van der Waals surface area contributed by atoms with Gasteiger partial charge in [-0.25, -0.2) is 4.99 Å². The van der Waals surface area contributed by atoms with Gasteiger partial charge in [0.2, 0.25) is 11.8 Å². The molecule has 1 aliphatic heterocycles. The quantitative estimate of drug-likeness (QED) is 0.533. The van der Waals surface area contributed by atoms with Gasteiger partial charge < -0.3 is 10.1 Å². The summed E-state index contributed by atoms with van der Waals surface area (Å²) in [5.74, 6) is -0.333. The number of nitrogens with zero attached hydrogens (tertiary/aromatic N) is 2. The predicted molar refractivity (Wildman–Crippen MR) is 127 cm³/mol. The monoisotopic (exact) mass is 459 g/mol. The summed E-state index contributed by atoms with van der Waals surface area (Å²) in [6.45, 7) is 5.50. The van der Waals surface area contributed by atoms with E-state index in [9.17, 15) is 9.59 Å². The third-order valence-corrected chi connectivity index (χ3v) is 6.37. The molecule has 0 spiro atoms. The van der Waals surface area contributed by atoms with Gasteiger partial charge in [0.15, 0.2) is 5.17 Å². The van der Waals surface area contributed by atoms with E-state index in [2.05, 4.69) is 10.3 Å². The lowest BCUT2D eigenvalue weighted by atomic mass is 10.2. The molecular formula is C23H26ClN3O3S. The SMILES string of the molecule is CCOCCCN1C(=O)C(CC(=O)Nc2cccc(Cl)c2C)SC1=Nc1ccccc1. The van der Waals surface area contributed by atoms with E-state index in [1.807, 2.05) is 44.2 Å². The number of hydrogen-bond donors (Lipinski definition) is 1. The van der Waals surface area contributed by atoms with Gasteiger partial charge in [-0.2, -0.15) is 0 Å². The zero-order valence-corrected chi connectivity index (χ0v) is 19.2. The van der Waals surface area contributed by atoms with E-state index in [1.165, 1.54) is 11.8 Å². The molecule has 2 amide bonds. The van der Waals surface area contributed by atoms with Crippen LogP contribution in [0.1, 0.15) is 25.3 Å². The summed E-state index contributed by atoms with van der Waals surface area (Å²) >= 11 is 7.47. The van der Waals surface area contributed by atoms with Crippen molar-refractivity contribution < 1.29 is 14.3 Å². The molecule has 31 heavy (non-hydrogen) atoms. The van der Waals surface area contributed by atoms with Gasteiger partial charge in [0.1, 0.15) is 5.25 Å².